The molecule has 132 valence electrons. The molecule has 0 aliphatic carbocycles. The van der Waals surface area contributed by atoms with Gasteiger partial charge in [0.2, 0.25) is 0 Å². The fourth-order valence-corrected chi connectivity index (χ4v) is 3.31. The Balaban J connectivity index is 1.41. The van der Waals surface area contributed by atoms with Gasteiger partial charge in [0, 0.05) is 35.9 Å². The Bertz CT molecular complexity index is 741. The van der Waals surface area contributed by atoms with Crippen LogP contribution in [0.2, 0.25) is 0 Å². The van der Waals surface area contributed by atoms with E-state index in [1.165, 1.54) is 17.8 Å². The highest BCUT2D eigenvalue weighted by atomic mass is 79.9. The normalized spacial score (nSPS) is 16.7. The van der Waals surface area contributed by atoms with Crippen LogP contribution in [0.1, 0.15) is 6.42 Å². The van der Waals surface area contributed by atoms with Crippen LogP contribution in [-0.4, -0.2) is 32.1 Å². The number of anilines is 1. The molecule has 0 aromatic heterocycles. The molecule has 3 rings (SSSR count). The molecular weight excluding hydrogens is 387 g/mol. The molecule has 1 N–H and O–H groups in total. The van der Waals surface area contributed by atoms with Gasteiger partial charge in [-0.2, -0.15) is 0 Å². The lowest BCUT2D eigenvalue weighted by atomic mass is 10.1. The highest BCUT2D eigenvalue weighted by molar-refractivity contribution is 9.10. The predicted molar refractivity (Wildman–Crippen MR) is 99.4 cm³/mol. The Morgan fingerprint density at radius 2 is 2.12 bits per heavy atom. The number of halogens is 2. The van der Waals surface area contributed by atoms with Crippen LogP contribution in [0.4, 0.5) is 10.1 Å². The van der Waals surface area contributed by atoms with Gasteiger partial charge in [-0.3, -0.25) is 4.79 Å². The number of ether oxygens (including phenoxy) is 1. The summed E-state index contributed by atoms with van der Waals surface area (Å²) in [6.07, 6.45) is 1.04. The maximum atomic E-state index is 13.1. The number of carbonyl (C=O) groups excluding carboxylic acids is 1. The molecular formula is C19H20BrFN2O2. The minimum atomic E-state index is -0.378. The molecule has 0 saturated carbocycles. The second kappa shape index (κ2) is 8.34. The third-order valence-corrected chi connectivity index (χ3v) is 4.71. The quantitative estimate of drug-likeness (QED) is 0.796. The maximum absolute atomic E-state index is 13.1. The number of nitrogens with one attached hydrogen (secondary N) is 1. The number of benzene rings is 2. The van der Waals surface area contributed by atoms with Gasteiger partial charge >= 0.3 is 0 Å². The number of hydrogen-bond acceptors (Lipinski definition) is 3. The van der Waals surface area contributed by atoms with Gasteiger partial charge in [-0.1, -0.05) is 28.1 Å². The van der Waals surface area contributed by atoms with Crippen molar-refractivity contribution in [3.8, 4) is 5.75 Å². The minimum Gasteiger partial charge on any atom is -0.484 e. The van der Waals surface area contributed by atoms with Crippen molar-refractivity contribution in [2.75, 3.05) is 31.1 Å². The number of nitrogens with zero attached hydrogens (tertiary/aromatic N) is 1. The number of hydrogen-bond donors (Lipinski definition) is 1. The van der Waals surface area contributed by atoms with Crippen LogP contribution >= 0.6 is 15.9 Å². The average molecular weight is 407 g/mol. The third kappa shape index (κ3) is 5.19. The summed E-state index contributed by atoms with van der Waals surface area (Å²) in [5.74, 6) is 0.204. The first-order valence-electron chi connectivity index (χ1n) is 8.26. The van der Waals surface area contributed by atoms with Gasteiger partial charge in [0.25, 0.3) is 5.91 Å². The van der Waals surface area contributed by atoms with Crippen LogP contribution in [0.25, 0.3) is 0 Å². The molecule has 1 atom stereocenters. The van der Waals surface area contributed by atoms with Gasteiger partial charge < -0.3 is 15.0 Å². The summed E-state index contributed by atoms with van der Waals surface area (Å²) in [6, 6.07) is 14.0. The van der Waals surface area contributed by atoms with Crippen LogP contribution in [0, 0.1) is 11.7 Å². The molecule has 2 aromatic carbocycles. The Labute approximate surface area is 155 Å². The first-order valence-corrected chi connectivity index (χ1v) is 9.05. The van der Waals surface area contributed by atoms with Crippen molar-refractivity contribution in [2.45, 2.75) is 6.42 Å². The van der Waals surface area contributed by atoms with Gasteiger partial charge in [-0.05, 0) is 42.7 Å². The molecule has 1 amide bonds. The van der Waals surface area contributed by atoms with Crippen LogP contribution < -0.4 is 15.0 Å². The van der Waals surface area contributed by atoms with E-state index in [4.69, 9.17) is 4.74 Å². The summed E-state index contributed by atoms with van der Waals surface area (Å²) in [5, 5.41) is 2.90. The largest absolute Gasteiger partial charge is 0.484 e. The summed E-state index contributed by atoms with van der Waals surface area (Å²) >= 11 is 3.49. The molecule has 25 heavy (non-hydrogen) atoms. The summed E-state index contributed by atoms with van der Waals surface area (Å²) < 4.78 is 19.4. The Morgan fingerprint density at radius 1 is 1.28 bits per heavy atom. The molecule has 2 aromatic rings. The highest BCUT2D eigenvalue weighted by Gasteiger charge is 2.23. The van der Waals surface area contributed by atoms with Crippen LogP contribution in [0.3, 0.4) is 0 Å². The standard InChI is InChI=1S/C19H20BrFN2O2/c20-15-3-1-5-17(9-15)23-8-7-14(12-23)11-22-19(24)13-25-18-6-2-4-16(21)10-18/h1-6,9-10,14H,7-8,11-13H2,(H,22,24). The zero-order chi connectivity index (χ0) is 17.6. The van der Waals surface area contributed by atoms with Crippen LogP contribution in [0.15, 0.2) is 53.0 Å². The van der Waals surface area contributed by atoms with Gasteiger partial charge in [0.05, 0.1) is 0 Å². The van der Waals surface area contributed by atoms with E-state index in [2.05, 4.69) is 38.3 Å². The summed E-state index contributed by atoms with van der Waals surface area (Å²) in [6.45, 7) is 2.42. The Morgan fingerprint density at radius 3 is 2.92 bits per heavy atom. The third-order valence-electron chi connectivity index (χ3n) is 4.21. The van der Waals surface area contributed by atoms with Crippen LogP contribution in [0.5, 0.6) is 5.75 Å². The van der Waals surface area contributed by atoms with Crippen molar-refractivity contribution in [1.82, 2.24) is 5.32 Å². The van der Waals surface area contributed by atoms with Crippen molar-refractivity contribution in [2.24, 2.45) is 5.92 Å². The Kier molecular flexibility index (Phi) is 5.91. The monoisotopic (exact) mass is 406 g/mol. The van der Waals surface area contributed by atoms with E-state index in [0.717, 1.165) is 24.0 Å². The van der Waals surface area contributed by atoms with E-state index in [-0.39, 0.29) is 18.3 Å². The second-order valence-corrected chi connectivity index (χ2v) is 7.05. The summed E-state index contributed by atoms with van der Waals surface area (Å²) in [4.78, 5) is 14.2. The molecule has 0 bridgehead atoms. The summed E-state index contributed by atoms with van der Waals surface area (Å²) in [5.41, 5.74) is 1.19. The van der Waals surface area contributed by atoms with E-state index in [9.17, 15) is 9.18 Å². The first kappa shape index (κ1) is 17.7. The zero-order valence-electron chi connectivity index (χ0n) is 13.8. The van der Waals surface area contributed by atoms with E-state index < -0.39 is 0 Å². The van der Waals surface area contributed by atoms with Gasteiger partial charge in [-0.25, -0.2) is 4.39 Å². The second-order valence-electron chi connectivity index (χ2n) is 6.13. The summed E-state index contributed by atoms with van der Waals surface area (Å²) in [7, 11) is 0. The number of rotatable bonds is 6. The van der Waals surface area contributed by atoms with Crippen molar-refractivity contribution in [3.63, 3.8) is 0 Å². The topological polar surface area (TPSA) is 41.6 Å². The lowest BCUT2D eigenvalue weighted by Crippen LogP contribution is -2.34. The molecule has 0 spiro atoms. The van der Waals surface area contributed by atoms with Crippen molar-refractivity contribution >= 4 is 27.5 Å². The van der Waals surface area contributed by atoms with E-state index in [0.29, 0.717) is 18.2 Å². The van der Waals surface area contributed by atoms with Gasteiger partial charge in [0.1, 0.15) is 11.6 Å². The smallest absolute Gasteiger partial charge is 0.257 e. The van der Waals surface area contributed by atoms with Crippen molar-refractivity contribution in [1.29, 1.82) is 0 Å². The fourth-order valence-electron chi connectivity index (χ4n) is 2.92. The van der Waals surface area contributed by atoms with Gasteiger partial charge in [-0.15, -0.1) is 0 Å². The van der Waals surface area contributed by atoms with Crippen molar-refractivity contribution < 1.29 is 13.9 Å². The van der Waals surface area contributed by atoms with Crippen molar-refractivity contribution in [3.05, 3.63) is 58.8 Å². The lowest BCUT2D eigenvalue weighted by Gasteiger charge is -2.19. The minimum absolute atomic E-state index is 0.106. The molecule has 4 nitrogen and oxygen atoms in total. The van der Waals surface area contributed by atoms with Crippen LogP contribution in [-0.2, 0) is 4.79 Å². The van der Waals surface area contributed by atoms with E-state index in [1.807, 2.05) is 12.1 Å². The molecule has 1 saturated heterocycles. The molecule has 1 unspecified atom stereocenters. The molecule has 6 heteroatoms. The number of carbonyl (C=O) groups is 1. The molecule has 1 aliphatic rings. The molecule has 1 heterocycles. The average Bonchev–Trinajstić information content (AvgIpc) is 3.07. The lowest BCUT2D eigenvalue weighted by molar-refractivity contribution is -0.123. The van der Waals surface area contributed by atoms with Gasteiger partial charge in [0.15, 0.2) is 6.61 Å². The molecule has 0 radical (unpaired) electrons. The zero-order valence-corrected chi connectivity index (χ0v) is 15.3. The Hall–Kier alpha value is -2.08. The fraction of sp³-hybridized carbons (Fsp3) is 0.316. The number of amides is 1. The first-order chi connectivity index (χ1) is 12.1. The predicted octanol–water partition coefficient (Wildman–Crippen LogP) is 3.61. The molecule has 1 fully saturated rings. The highest BCUT2D eigenvalue weighted by Crippen LogP contribution is 2.25. The maximum Gasteiger partial charge on any atom is 0.257 e. The van der Waals surface area contributed by atoms with E-state index in [1.54, 1.807) is 12.1 Å². The SMILES string of the molecule is O=C(COc1cccc(F)c1)NCC1CCN(c2cccc(Br)c2)C1. The molecule has 1 aliphatic heterocycles. The van der Waals surface area contributed by atoms with E-state index >= 15 is 0 Å².